The number of nitriles is 1. The third kappa shape index (κ3) is 3.98. The summed E-state index contributed by atoms with van der Waals surface area (Å²) in [5, 5.41) is 9.96. The van der Waals surface area contributed by atoms with Crippen molar-refractivity contribution in [3.63, 3.8) is 0 Å². The zero-order chi connectivity index (χ0) is 15.9. The number of rotatable bonds is 5. The van der Waals surface area contributed by atoms with Crippen LogP contribution in [-0.2, 0) is 14.9 Å². The van der Waals surface area contributed by atoms with Crippen LogP contribution in [0.3, 0.4) is 0 Å². The lowest BCUT2D eigenvalue weighted by Crippen LogP contribution is -2.06. The molecule has 0 aromatic heterocycles. The molecule has 1 aromatic carbocycles. The zero-order valence-corrected chi connectivity index (χ0v) is 14.4. The maximum atomic E-state index is 11.7. The lowest BCUT2D eigenvalue weighted by Gasteiger charge is -2.15. The van der Waals surface area contributed by atoms with E-state index in [4.69, 9.17) is 10.00 Å². The number of halogens is 1. The smallest absolute Gasteiger partial charge is 0.348 e. The molecular formula is C18H20BrNO2. The van der Waals surface area contributed by atoms with Crippen LogP contribution in [0.1, 0.15) is 55.2 Å². The Labute approximate surface area is 140 Å². The maximum Gasteiger partial charge on any atom is 0.348 e. The Morgan fingerprint density at radius 3 is 2.77 bits per heavy atom. The van der Waals surface area contributed by atoms with Gasteiger partial charge in [0.05, 0.1) is 6.61 Å². The van der Waals surface area contributed by atoms with Gasteiger partial charge in [0.2, 0.25) is 0 Å². The summed E-state index contributed by atoms with van der Waals surface area (Å²) in [7, 11) is 0. The van der Waals surface area contributed by atoms with Crippen LogP contribution in [0.5, 0.6) is 0 Å². The molecule has 2 rings (SSSR count). The van der Waals surface area contributed by atoms with Crippen molar-refractivity contribution in [3.8, 4) is 6.07 Å². The van der Waals surface area contributed by atoms with Gasteiger partial charge in [-0.15, -0.1) is 0 Å². The maximum absolute atomic E-state index is 11.7. The molecule has 3 nitrogen and oxygen atoms in total. The monoisotopic (exact) mass is 361 g/mol. The molecule has 1 aliphatic rings. The molecule has 0 heterocycles. The number of nitrogens with zero attached hydrogens (tertiary/aromatic N) is 1. The fourth-order valence-electron chi connectivity index (χ4n) is 2.95. The summed E-state index contributed by atoms with van der Waals surface area (Å²) in [6.07, 6.45) is 6.61. The number of carbonyl (C=O) groups is 1. The second-order valence-corrected chi connectivity index (χ2v) is 6.02. The molecule has 22 heavy (non-hydrogen) atoms. The highest BCUT2D eigenvalue weighted by Crippen LogP contribution is 2.37. The fraction of sp³-hybridized carbons (Fsp3) is 0.444. The average Bonchev–Trinajstić information content (AvgIpc) is 3.06. The van der Waals surface area contributed by atoms with E-state index in [2.05, 4.69) is 28.1 Å². The van der Waals surface area contributed by atoms with Crippen LogP contribution < -0.4 is 0 Å². The van der Waals surface area contributed by atoms with Crippen molar-refractivity contribution in [2.75, 3.05) is 6.61 Å². The highest BCUT2D eigenvalue weighted by Gasteiger charge is 2.20. The predicted octanol–water partition coefficient (Wildman–Crippen LogP) is 4.71. The van der Waals surface area contributed by atoms with Crippen molar-refractivity contribution in [3.05, 3.63) is 40.5 Å². The van der Waals surface area contributed by atoms with Crippen molar-refractivity contribution in [1.82, 2.24) is 0 Å². The largest absolute Gasteiger partial charge is 0.462 e. The fourth-order valence-corrected chi connectivity index (χ4v) is 3.46. The van der Waals surface area contributed by atoms with E-state index in [1.807, 2.05) is 12.1 Å². The second kappa shape index (κ2) is 8.14. The zero-order valence-electron chi connectivity index (χ0n) is 12.8. The van der Waals surface area contributed by atoms with Gasteiger partial charge in [0.15, 0.2) is 0 Å². The minimum absolute atomic E-state index is 0.0471. The number of alkyl halides is 1. The van der Waals surface area contributed by atoms with Crippen molar-refractivity contribution in [2.24, 2.45) is 0 Å². The second-order valence-electron chi connectivity index (χ2n) is 5.46. The first-order chi connectivity index (χ1) is 10.7. The quantitative estimate of drug-likeness (QED) is 0.330. The van der Waals surface area contributed by atoms with Crippen LogP contribution >= 0.6 is 15.9 Å². The summed E-state index contributed by atoms with van der Waals surface area (Å²) < 4.78 is 4.90. The third-order valence-corrected chi connectivity index (χ3v) is 4.64. The molecular weight excluding hydrogens is 342 g/mol. The molecule has 0 spiro atoms. The third-order valence-electron chi connectivity index (χ3n) is 4.04. The van der Waals surface area contributed by atoms with E-state index in [0.29, 0.717) is 5.92 Å². The summed E-state index contributed by atoms with van der Waals surface area (Å²) in [5.74, 6) is 0.0333. The normalized spacial score (nSPS) is 15.6. The predicted molar refractivity (Wildman–Crippen MR) is 90.5 cm³/mol. The summed E-state index contributed by atoms with van der Waals surface area (Å²) in [6, 6.07) is 8.07. The molecule has 4 heteroatoms. The Hall–Kier alpha value is -1.60. The number of carbonyl (C=O) groups excluding carboxylic acids is 1. The van der Waals surface area contributed by atoms with Gasteiger partial charge in [0.25, 0.3) is 0 Å². The van der Waals surface area contributed by atoms with Gasteiger partial charge < -0.3 is 4.74 Å². The molecule has 0 aliphatic heterocycles. The number of ether oxygens (including phenoxy) is 1. The minimum Gasteiger partial charge on any atom is -0.462 e. The van der Waals surface area contributed by atoms with E-state index in [1.54, 1.807) is 13.0 Å². The van der Waals surface area contributed by atoms with Crippen LogP contribution in [0.15, 0.2) is 23.8 Å². The van der Waals surface area contributed by atoms with Gasteiger partial charge in [-0.1, -0.05) is 47.0 Å². The topological polar surface area (TPSA) is 50.1 Å². The highest BCUT2D eigenvalue weighted by molar-refractivity contribution is 9.08. The number of benzene rings is 1. The van der Waals surface area contributed by atoms with Crippen molar-refractivity contribution in [2.45, 2.75) is 43.9 Å². The van der Waals surface area contributed by atoms with E-state index in [1.165, 1.54) is 36.8 Å². The number of esters is 1. The van der Waals surface area contributed by atoms with Crippen molar-refractivity contribution < 1.29 is 9.53 Å². The lowest BCUT2D eigenvalue weighted by atomic mass is 9.91. The molecule has 0 bridgehead atoms. The first-order valence-electron chi connectivity index (χ1n) is 7.67. The Bertz CT molecular complexity index is 610. The standard InChI is InChI=1S/C18H20BrNO2/c1-2-22-18(21)16(12-20)9-13-7-8-15(11-19)17(10-13)14-5-3-4-6-14/h7-10,14H,2-6,11H2,1H3. The SMILES string of the molecule is CCOC(=O)C(C#N)=Cc1ccc(CBr)c(C2CCCC2)c1. The summed E-state index contributed by atoms with van der Waals surface area (Å²) >= 11 is 3.55. The molecule has 1 aromatic rings. The molecule has 0 saturated heterocycles. The molecule has 0 radical (unpaired) electrons. The van der Waals surface area contributed by atoms with Gasteiger partial charge in [-0.25, -0.2) is 4.79 Å². The molecule has 0 atom stereocenters. The highest BCUT2D eigenvalue weighted by atomic mass is 79.9. The van der Waals surface area contributed by atoms with Crippen LogP contribution in [0.4, 0.5) is 0 Å². The first-order valence-corrected chi connectivity index (χ1v) is 8.79. The first kappa shape index (κ1) is 16.8. The van der Waals surface area contributed by atoms with Crippen LogP contribution in [0.25, 0.3) is 6.08 Å². The Morgan fingerprint density at radius 1 is 1.45 bits per heavy atom. The van der Waals surface area contributed by atoms with E-state index in [-0.39, 0.29) is 12.2 Å². The average molecular weight is 362 g/mol. The van der Waals surface area contributed by atoms with Gasteiger partial charge in [-0.05, 0) is 48.4 Å². The van der Waals surface area contributed by atoms with Gasteiger partial charge >= 0.3 is 5.97 Å². The molecule has 0 N–H and O–H groups in total. The molecule has 0 unspecified atom stereocenters. The molecule has 1 fully saturated rings. The van der Waals surface area contributed by atoms with E-state index >= 15 is 0 Å². The summed E-state index contributed by atoms with van der Waals surface area (Å²) in [6.45, 7) is 2.00. The van der Waals surface area contributed by atoms with E-state index < -0.39 is 5.97 Å². The Kier molecular flexibility index (Phi) is 6.21. The molecule has 116 valence electrons. The van der Waals surface area contributed by atoms with E-state index in [0.717, 1.165) is 10.9 Å². The van der Waals surface area contributed by atoms with Crippen LogP contribution in [0.2, 0.25) is 0 Å². The lowest BCUT2D eigenvalue weighted by molar-refractivity contribution is -0.137. The Balaban J connectivity index is 2.33. The van der Waals surface area contributed by atoms with Gasteiger partial charge in [-0.2, -0.15) is 5.26 Å². The molecule has 1 saturated carbocycles. The van der Waals surface area contributed by atoms with Crippen LogP contribution in [-0.4, -0.2) is 12.6 Å². The Morgan fingerprint density at radius 2 is 2.18 bits per heavy atom. The number of hydrogen-bond acceptors (Lipinski definition) is 3. The van der Waals surface area contributed by atoms with Gasteiger partial charge in [0, 0.05) is 5.33 Å². The summed E-state index contributed by atoms with van der Waals surface area (Å²) in [5.41, 5.74) is 3.56. The van der Waals surface area contributed by atoms with E-state index in [9.17, 15) is 4.79 Å². The summed E-state index contributed by atoms with van der Waals surface area (Å²) in [4.78, 5) is 11.7. The number of hydrogen-bond donors (Lipinski definition) is 0. The minimum atomic E-state index is -0.558. The van der Waals surface area contributed by atoms with Gasteiger partial charge in [0.1, 0.15) is 11.6 Å². The van der Waals surface area contributed by atoms with Gasteiger partial charge in [-0.3, -0.25) is 0 Å². The van der Waals surface area contributed by atoms with Crippen LogP contribution in [0, 0.1) is 11.3 Å². The van der Waals surface area contributed by atoms with Crippen molar-refractivity contribution >= 4 is 28.0 Å². The molecule has 0 amide bonds. The molecule has 1 aliphatic carbocycles. The van der Waals surface area contributed by atoms with Crippen molar-refractivity contribution in [1.29, 1.82) is 5.26 Å².